The standard InChI is InChI=1S/C21H18F6N4O3S/c1-11-18(12(2)31(3)29-11)28-19(32)16-6-4-5-7-17(16)30-35(33,34)15-9-13(20(22,23)24)8-14(10-15)21(25,26)27/h4-10,30H,1-3H3,(H,28,32). The van der Waals surface area contributed by atoms with Gasteiger partial charge in [0.15, 0.2) is 0 Å². The van der Waals surface area contributed by atoms with Crippen molar-refractivity contribution in [3.8, 4) is 0 Å². The van der Waals surface area contributed by atoms with Crippen LogP contribution in [-0.4, -0.2) is 24.1 Å². The lowest BCUT2D eigenvalue weighted by atomic mass is 10.1. The number of alkyl halides is 6. The van der Waals surface area contributed by atoms with Gasteiger partial charge in [0.25, 0.3) is 15.9 Å². The van der Waals surface area contributed by atoms with Crippen molar-refractivity contribution in [1.82, 2.24) is 9.78 Å². The van der Waals surface area contributed by atoms with Crippen LogP contribution in [0.1, 0.15) is 32.9 Å². The third-order valence-corrected chi connectivity index (χ3v) is 6.38. The van der Waals surface area contributed by atoms with Crippen LogP contribution < -0.4 is 10.0 Å². The molecule has 188 valence electrons. The Bertz CT molecular complexity index is 1360. The van der Waals surface area contributed by atoms with Crippen molar-refractivity contribution in [2.24, 2.45) is 7.05 Å². The van der Waals surface area contributed by atoms with Crippen LogP contribution in [0.4, 0.5) is 37.7 Å². The van der Waals surface area contributed by atoms with Gasteiger partial charge in [-0.2, -0.15) is 31.4 Å². The molecule has 0 aliphatic heterocycles. The van der Waals surface area contributed by atoms with E-state index in [0.29, 0.717) is 17.1 Å². The van der Waals surface area contributed by atoms with Gasteiger partial charge in [-0.15, -0.1) is 0 Å². The average Bonchev–Trinajstić information content (AvgIpc) is 2.98. The van der Waals surface area contributed by atoms with Crippen molar-refractivity contribution in [3.05, 3.63) is 70.5 Å². The minimum absolute atomic E-state index is 0.0859. The summed E-state index contributed by atoms with van der Waals surface area (Å²) in [5, 5.41) is 6.73. The van der Waals surface area contributed by atoms with E-state index in [0.717, 1.165) is 6.07 Å². The molecule has 0 unspecified atom stereocenters. The van der Waals surface area contributed by atoms with Crippen molar-refractivity contribution >= 4 is 27.3 Å². The Morgan fingerprint density at radius 1 is 0.943 bits per heavy atom. The third-order valence-electron chi connectivity index (χ3n) is 5.04. The number of carbonyl (C=O) groups is 1. The van der Waals surface area contributed by atoms with Crippen molar-refractivity contribution in [1.29, 1.82) is 0 Å². The van der Waals surface area contributed by atoms with Gasteiger partial charge in [-0.3, -0.25) is 14.2 Å². The smallest absolute Gasteiger partial charge is 0.319 e. The SMILES string of the molecule is Cc1nn(C)c(C)c1NC(=O)c1ccccc1NS(=O)(=O)c1cc(C(F)(F)F)cc(C(F)(F)F)c1. The molecule has 0 radical (unpaired) electrons. The second-order valence-corrected chi connectivity index (χ2v) is 9.20. The molecule has 7 nitrogen and oxygen atoms in total. The first kappa shape index (κ1) is 26.1. The number of nitrogens with zero attached hydrogens (tertiary/aromatic N) is 2. The number of hydrogen-bond acceptors (Lipinski definition) is 4. The second-order valence-electron chi connectivity index (χ2n) is 7.52. The molecule has 0 aliphatic rings. The first-order valence-corrected chi connectivity index (χ1v) is 11.2. The Morgan fingerprint density at radius 2 is 1.49 bits per heavy atom. The highest BCUT2D eigenvalue weighted by atomic mass is 32.2. The number of amides is 1. The molecule has 0 spiro atoms. The van der Waals surface area contributed by atoms with Crippen LogP contribution in [0.3, 0.4) is 0 Å². The molecule has 1 heterocycles. The minimum atomic E-state index is -5.23. The molecular weight excluding hydrogens is 502 g/mol. The fraction of sp³-hybridized carbons (Fsp3) is 0.238. The van der Waals surface area contributed by atoms with Gasteiger partial charge in [0, 0.05) is 7.05 Å². The van der Waals surface area contributed by atoms with E-state index in [1.165, 1.54) is 22.9 Å². The van der Waals surface area contributed by atoms with Crippen LogP contribution >= 0.6 is 0 Å². The fourth-order valence-electron chi connectivity index (χ4n) is 3.19. The number of rotatable bonds is 5. The number of benzene rings is 2. The lowest BCUT2D eigenvalue weighted by Gasteiger charge is -2.16. The first-order chi connectivity index (χ1) is 16.0. The summed E-state index contributed by atoms with van der Waals surface area (Å²) in [5.74, 6) is -0.775. The molecule has 2 aromatic carbocycles. The summed E-state index contributed by atoms with van der Waals surface area (Å²) in [6, 6.07) is 5.11. The molecule has 0 saturated carbocycles. The van der Waals surface area contributed by atoms with Crippen molar-refractivity contribution < 1.29 is 39.6 Å². The number of hydrogen-bond donors (Lipinski definition) is 2. The van der Waals surface area contributed by atoms with Crippen molar-refractivity contribution in [2.75, 3.05) is 10.0 Å². The van der Waals surface area contributed by atoms with E-state index in [4.69, 9.17) is 0 Å². The predicted molar refractivity (Wildman–Crippen MR) is 114 cm³/mol. The highest BCUT2D eigenvalue weighted by Crippen LogP contribution is 2.37. The molecule has 1 aromatic heterocycles. The quantitative estimate of drug-likeness (QED) is 0.457. The number of para-hydroxylation sites is 1. The van der Waals surface area contributed by atoms with Gasteiger partial charge in [-0.1, -0.05) is 12.1 Å². The van der Waals surface area contributed by atoms with Crippen LogP contribution in [0.25, 0.3) is 0 Å². The second kappa shape index (κ2) is 8.91. The van der Waals surface area contributed by atoms with Crippen molar-refractivity contribution in [2.45, 2.75) is 31.1 Å². The number of aromatic nitrogens is 2. The Kier molecular flexibility index (Phi) is 6.63. The summed E-state index contributed by atoms with van der Waals surface area (Å²) < 4.78 is 108. The number of carbonyl (C=O) groups excluding carboxylic acids is 1. The first-order valence-electron chi connectivity index (χ1n) is 9.73. The van der Waals surface area contributed by atoms with E-state index < -0.39 is 44.3 Å². The Balaban J connectivity index is 2.02. The van der Waals surface area contributed by atoms with E-state index >= 15 is 0 Å². The molecule has 0 atom stereocenters. The number of nitrogens with one attached hydrogen (secondary N) is 2. The molecule has 0 fully saturated rings. The maximum atomic E-state index is 13.2. The number of anilines is 2. The molecule has 3 aromatic rings. The monoisotopic (exact) mass is 520 g/mol. The highest BCUT2D eigenvalue weighted by Gasteiger charge is 2.38. The maximum Gasteiger partial charge on any atom is 0.416 e. The molecule has 3 rings (SSSR count). The summed E-state index contributed by atoms with van der Waals surface area (Å²) >= 11 is 0. The molecule has 1 amide bonds. The van der Waals surface area contributed by atoms with E-state index in [2.05, 4.69) is 10.4 Å². The molecule has 0 bridgehead atoms. The summed E-state index contributed by atoms with van der Waals surface area (Å²) in [7, 11) is -3.32. The van der Waals surface area contributed by atoms with Crippen LogP contribution in [0.5, 0.6) is 0 Å². The lowest BCUT2D eigenvalue weighted by Crippen LogP contribution is -2.20. The van der Waals surface area contributed by atoms with Gasteiger partial charge in [-0.25, -0.2) is 8.42 Å². The summed E-state index contributed by atoms with van der Waals surface area (Å²) in [6.07, 6.45) is -10.5. The highest BCUT2D eigenvalue weighted by molar-refractivity contribution is 7.92. The predicted octanol–water partition coefficient (Wildman–Crippen LogP) is 5.13. The van der Waals surface area contributed by atoms with Crippen LogP contribution in [0.15, 0.2) is 47.4 Å². The Hall–Kier alpha value is -3.55. The Morgan fingerprint density at radius 3 is 1.97 bits per heavy atom. The molecular formula is C21H18F6N4O3S. The van der Waals surface area contributed by atoms with Gasteiger partial charge in [-0.05, 0) is 44.2 Å². The zero-order chi connectivity index (χ0) is 26.3. The van der Waals surface area contributed by atoms with Gasteiger partial charge in [0.2, 0.25) is 0 Å². The van der Waals surface area contributed by atoms with Crippen LogP contribution in [0.2, 0.25) is 0 Å². The van der Waals surface area contributed by atoms with E-state index in [-0.39, 0.29) is 29.4 Å². The zero-order valence-corrected chi connectivity index (χ0v) is 19.2. The topological polar surface area (TPSA) is 93.1 Å². The third kappa shape index (κ3) is 5.58. The number of sulfonamides is 1. The maximum absolute atomic E-state index is 13.2. The molecule has 0 saturated heterocycles. The normalized spacial score (nSPS) is 12.5. The van der Waals surface area contributed by atoms with E-state index in [9.17, 15) is 39.6 Å². The molecule has 35 heavy (non-hydrogen) atoms. The lowest BCUT2D eigenvalue weighted by molar-refractivity contribution is -0.143. The largest absolute Gasteiger partial charge is 0.416 e. The molecule has 14 heteroatoms. The van der Waals surface area contributed by atoms with E-state index in [1.807, 2.05) is 4.72 Å². The summed E-state index contributed by atoms with van der Waals surface area (Å²) in [6.45, 7) is 3.30. The van der Waals surface area contributed by atoms with Crippen LogP contribution in [0, 0.1) is 13.8 Å². The summed E-state index contributed by atoms with van der Waals surface area (Å²) in [5.41, 5.74) is -2.72. The average molecular weight is 520 g/mol. The van der Waals surface area contributed by atoms with Crippen LogP contribution in [-0.2, 0) is 29.4 Å². The Labute approximate surface area is 195 Å². The van der Waals surface area contributed by atoms with Gasteiger partial charge >= 0.3 is 12.4 Å². The fourth-order valence-corrected chi connectivity index (χ4v) is 4.34. The van der Waals surface area contributed by atoms with Gasteiger partial charge < -0.3 is 5.32 Å². The number of aryl methyl sites for hydroxylation is 2. The van der Waals surface area contributed by atoms with Crippen molar-refractivity contribution in [3.63, 3.8) is 0 Å². The molecule has 0 aliphatic carbocycles. The van der Waals surface area contributed by atoms with Gasteiger partial charge in [0.05, 0.1) is 44.3 Å². The minimum Gasteiger partial charge on any atom is -0.319 e. The zero-order valence-electron chi connectivity index (χ0n) is 18.3. The summed E-state index contributed by atoms with van der Waals surface area (Å²) in [4.78, 5) is 11.6. The number of halogens is 6. The van der Waals surface area contributed by atoms with Gasteiger partial charge in [0.1, 0.15) is 0 Å². The molecule has 2 N–H and O–H groups in total. The van der Waals surface area contributed by atoms with E-state index in [1.54, 1.807) is 20.9 Å².